The molecule has 0 unspecified atom stereocenters. The summed E-state index contributed by atoms with van der Waals surface area (Å²) in [5.41, 5.74) is 3.16. The predicted molar refractivity (Wildman–Crippen MR) is 112 cm³/mol. The third-order valence-electron chi connectivity index (χ3n) is 5.74. The molecule has 1 aliphatic rings. The summed E-state index contributed by atoms with van der Waals surface area (Å²) in [5, 5.41) is 4.26. The van der Waals surface area contributed by atoms with Crippen molar-refractivity contribution in [2.24, 2.45) is 7.05 Å². The Kier molecular flexibility index (Phi) is 5.10. The molecule has 0 radical (unpaired) electrons. The van der Waals surface area contributed by atoms with Gasteiger partial charge >= 0.3 is 0 Å². The number of anilines is 1. The SMILES string of the molecule is Cc1nn(C)c(C)c1S(=O)(=O)N1CCN(c2cc(-n3cnc(C)c3C)ncn2)CC1. The zero-order valence-electron chi connectivity index (χ0n) is 17.9. The average molecular weight is 431 g/mol. The molecular weight excluding hydrogens is 404 g/mol. The van der Waals surface area contributed by atoms with E-state index in [2.05, 4.69) is 25.0 Å². The van der Waals surface area contributed by atoms with E-state index in [1.165, 1.54) is 10.6 Å². The summed E-state index contributed by atoms with van der Waals surface area (Å²) < 4.78 is 31.4. The van der Waals surface area contributed by atoms with Gasteiger partial charge in [0.05, 0.1) is 17.1 Å². The van der Waals surface area contributed by atoms with Gasteiger partial charge in [-0.3, -0.25) is 9.25 Å². The molecule has 3 aromatic heterocycles. The Labute approximate surface area is 176 Å². The van der Waals surface area contributed by atoms with E-state index in [0.29, 0.717) is 42.5 Å². The number of aryl methyl sites for hydroxylation is 3. The summed E-state index contributed by atoms with van der Waals surface area (Å²) in [6.45, 7) is 9.35. The molecule has 4 rings (SSSR count). The smallest absolute Gasteiger partial charge is 0.246 e. The average Bonchev–Trinajstić information content (AvgIpc) is 3.19. The van der Waals surface area contributed by atoms with Crippen molar-refractivity contribution in [3.8, 4) is 5.82 Å². The minimum atomic E-state index is -3.58. The first-order valence-corrected chi connectivity index (χ1v) is 11.2. The van der Waals surface area contributed by atoms with Crippen molar-refractivity contribution >= 4 is 15.8 Å². The third-order valence-corrected chi connectivity index (χ3v) is 7.89. The Morgan fingerprint density at radius 1 is 0.867 bits per heavy atom. The van der Waals surface area contributed by atoms with Gasteiger partial charge in [-0.25, -0.2) is 23.4 Å². The predicted octanol–water partition coefficient (Wildman–Crippen LogP) is 1.14. The molecule has 11 heteroatoms. The normalized spacial score (nSPS) is 15.7. The Balaban J connectivity index is 1.53. The lowest BCUT2D eigenvalue weighted by Gasteiger charge is -2.34. The molecule has 0 bridgehead atoms. The fourth-order valence-electron chi connectivity index (χ4n) is 3.79. The van der Waals surface area contributed by atoms with Crippen molar-refractivity contribution in [2.45, 2.75) is 32.6 Å². The monoisotopic (exact) mass is 430 g/mol. The van der Waals surface area contributed by atoms with Crippen LogP contribution < -0.4 is 4.90 Å². The zero-order chi connectivity index (χ0) is 21.6. The molecule has 160 valence electrons. The molecule has 1 saturated heterocycles. The number of hydrogen-bond donors (Lipinski definition) is 0. The number of rotatable bonds is 4. The van der Waals surface area contributed by atoms with Crippen LogP contribution >= 0.6 is 0 Å². The molecule has 4 heterocycles. The zero-order valence-corrected chi connectivity index (χ0v) is 18.7. The number of hydrogen-bond acceptors (Lipinski definition) is 7. The second kappa shape index (κ2) is 7.47. The van der Waals surface area contributed by atoms with E-state index in [9.17, 15) is 8.42 Å². The van der Waals surface area contributed by atoms with Crippen molar-refractivity contribution in [3.63, 3.8) is 0 Å². The standard InChI is InChI=1S/C19H26N8O2S/c1-13-15(3)27(12-22-13)18-10-17(20-11-21-18)25-6-8-26(9-7-25)30(28,29)19-14(2)23-24(5)16(19)4/h10-12H,6-9H2,1-5H3. The summed E-state index contributed by atoms with van der Waals surface area (Å²) in [4.78, 5) is 15.5. The molecule has 3 aromatic rings. The van der Waals surface area contributed by atoms with Crippen LogP contribution in [0.4, 0.5) is 5.82 Å². The van der Waals surface area contributed by atoms with Gasteiger partial charge in [-0.15, -0.1) is 0 Å². The van der Waals surface area contributed by atoms with Gasteiger partial charge in [-0.1, -0.05) is 0 Å². The maximum atomic E-state index is 13.2. The highest BCUT2D eigenvalue weighted by atomic mass is 32.2. The highest BCUT2D eigenvalue weighted by Gasteiger charge is 2.33. The molecule has 0 aliphatic carbocycles. The molecular formula is C19H26N8O2S. The molecule has 0 N–H and O–H groups in total. The number of sulfonamides is 1. The number of imidazole rings is 1. The maximum Gasteiger partial charge on any atom is 0.246 e. The maximum absolute atomic E-state index is 13.2. The van der Waals surface area contributed by atoms with Gasteiger partial charge in [0.1, 0.15) is 29.2 Å². The molecule has 0 aromatic carbocycles. The van der Waals surface area contributed by atoms with Gasteiger partial charge in [0, 0.05) is 45.0 Å². The van der Waals surface area contributed by atoms with E-state index in [1.54, 1.807) is 31.9 Å². The summed E-state index contributed by atoms with van der Waals surface area (Å²) in [5.74, 6) is 1.52. The lowest BCUT2D eigenvalue weighted by molar-refractivity contribution is 0.383. The summed E-state index contributed by atoms with van der Waals surface area (Å²) in [6, 6.07) is 1.91. The molecule has 1 fully saturated rings. The van der Waals surface area contributed by atoms with E-state index in [-0.39, 0.29) is 0 Å². The molecule has 0 saturated carbocycles. The van der Waals surface area contributed by atoms with Gasteiger partial charge in [0.2, 0.25) is 10.0 Å². The van der Waals surface area contributed by atoms with Crippen LogP contribution in [0.1, 0.15) is 22.8 Å². The van der Waals surface area contributed by atoms with E-state index >= 15 is 0 Å². The van der Waals surface area contributed by atoms with Crippen LogP contribution in [0.2, 0.25) is 0 Å². The van der Waals surface area contributed by atoms with Gasteiger partial charge in [0.15, 0.2) is 0 Å². The minimum Gasteiger partial charge on any atom is -0.354 e. The van der Waals surface area contributed by atoms with Crippen LogP contribution in [0.5, 0.6) is 0 Å². The largest absolute Gasteiger partial charge is 0.354 e. The van der Waals surface area contributed by atoms with Crippen molar-refractivity contribution in [1.29, 1.82) is 0 Å². The first kappa shape index (κ1) is 20.5. The van der Waals surface area contributed by atoms with Gasteiger partial charge in [-0.2, -0.15) is 9.40 Å². The van der Waals surface area contributed by atoms with E-state index < -0.39 is 10.0 Å². The van der Waals surface area contributed by atoms with Gasteiger partial charge < -0.3 is 4.90 Å². The van der Waals surface area contributed by atoms with E-state index in [1.807, 2.05) is 24.5 Å². The third kappa shape index (κ3) is 3.37. The fourth-order valence-corrected chi connectivity index (χ4v) is 5.61. The Morgan fingerprint density at radius 3 is 2.10 bits per heavy atom. The van der Waals surface area contributed by atoms with Crippen LogP contribution in [0, 0.1) is 27.7 Å². The van der Waals surface area contributed by atoms with Crippen LogP contribution in [0.25, 0.3) is 5.82 Å². The van der Waals surface area contributed by atoms with Crippen molar-refractivity contribution in [2.75, 3.05) is 31.1 Å². The first-order valence-electron chi connectivity index (χ1n) is 9.78. The van der Waals surface area contributed by atoms with E-state index in [4.69, 9.17) is 0 Å². The lowest BCUT2D eigenvalue weighted by Crippen LogP contribution is -2.49. The van der Waals surface area contributed by atoms with Gasteiger partial charge in [-0.05, 0) is 27.7 Å². The number of nitrogens with zero attached hydrogens (tertiary/aromatic N) is 8. The molecule has 1 aliphatic heterocycles. The van der Waals surface area contributed by atoms with Gasteiger partial charge in [0.25, 0.3) is 0 Å². The second-order valence-corrected chi connectivity index (χ2v) is 9.41. The van der Waals surface area contributed by atoms with E-state index in [0.717, 1.165) is 23.0 Å². The van der Waals surface area contributed by atoms with Crippen LogP contribution in [0.3, 0.4) is 0 Å². The highest BCUT2D eigenvalue weighted by Crippen LogP contribution is 2.25. The molecule has 10 nitrogen and oxygen atoms in total. The second-order valence-electron chi connectivity index (χ2n) is 7.53. The number of piperazine rings is 1. The molecule has 0 spiro atoms. The Hall–Kier alpha value is -2.79. The molecule has 0 atom stereocenters. The van der Waals surface area contributed by atoms with Crippen LogP contribution in [-0.4, -0.2) is 68.2 Å². The fraction of sp³-hybridized carbons (Fsp3) is 0.474. The quantitative estimate of drug-likeness (QED) is 0.612. The van der Waals surface area contributed by atoms with Crippen LogP contribution in [0.15, 0.2) is 23.6 Å². The minimum absolute atomic E-state index is 0.314. The topological polar surface area (TPSA) is 102 Å². The molecule has 30 heavy (non-hydrogen) atoms. The Bertz CT molecular complexity index is 1190. The summed E-state index contributed by atoms with van der Waals surface area (Å²) in [7, 11) is -1.82. The number of aromatic nitrogens is 6. The first-order chi connectivity index (χ1) is 14.2. The van der Waals surface area contributed by atoms with Crippen molar-refractivity contribution < 1.29 is 8.42 Å². The molecule has 0 amide bonds. The lowest BCUT2D eigenvalue weighted by atomic mass is 10.3. The summed E-state index contributed by atoms with van der Waals surface area (Å²) >= 11 is 0. The highest BCUT2D eigenvalue weighted by molar-refractivity contribution is 7.89. The summed E-state index contributed by atoms with van der Waals surface area (Å²) in [6.07, 6.45) is 3.28. The van der Waals surface area contributed by atoms with Crippen molar-refractivity contribution in [3.05, 3.63) is 41.5 Å². The van der Waals surface area contributed by atoms with Crippen LogP contribution in [-0.2, 0) is 17.1 Å². The van der Waals surface area contributed by atoms with Crippen molar-refractivity contribution in [1.82, 2.24) is 33.6 Å². The Morgan fingerprint density at radius 2 is 1.53 bits per heavy atom.